The smallest absolute Gasteiger partial charge is 0.191 e. The number of aromatic nitrogens is 2. The third-order valence-corrected chi connectivity index (χ3v) is 4.31. The lowest BCUT2D eigenvalue weighted by atomic mass is 10.1. The molecule has 0 saturated carbocycles. The minimum Gasteiger partial charge on any atom is -0.357 e. The zero-order valence-electron chi connectivity index (χ0n) is 15.9. The topological polar surface area (TPSA) is 54.2 Å². The molecule has 0 aliphatic rings. The Labute approximate surface area is 151 Å². The lowest BCUT2D eigenvalue weighted by Gasteiger charge is -2.20. The summed E-state index contributed by atoms with van der Waals surface area (Å²) in [5, 5.41) is 6.78. The van der Waals surface area contributed by atoms with Gasteiger partial charge < -0.3 is 15.2 Å². The lowest BCUT2D eigenvalue weighted by molar-refractivity contribution is 0.481. The third-order valence-electron chi connectivity index (χ3n) is 4.31. The average Bonchev–Trinajstić information content (AvgIpc) is 3.03. The van der Waals surface area contributed by atoms with Gasteiger partial charge in [0.05, 0.1) is 0 Å². The van der Waals surface area contributed by atoms with Gasteiger partial charge in [0.2, 0.25) is 0 Å². The Balaban J connectivity index is 1.94. The predicted octanol–water partition coefficient (Wildman–Crippen LogP) is 3.07. The number of benzene rings is 1. The molecule has 0 aliphatic carbocycles. The van der Waals surface area contributed by atoms with E-state index in [4.69, 9.17) is 4.99 Å². The van der Waals surface area contributed by atoms with E-state index < -0.39 is 0 Å². The molecule has 136 valence electrons. The number of imidazole rings is 1. The van der Waals surface area contributed by atoms with Crippen molar-refractivity contribution in [3.63, 3.8) is 0 Å². The van der Waals surface area contributed by atoms with Crippen LogP contribution in [-0.4, -0.2) is 34.6 Å². The standard InChI is InChI=1S/C20H31N5/c1-5-21-20(24-17(4)16(2)3)23-12-11-19-22-13-14-25(19)15-18-9-7-6-8-10-18/h6-10,13-14,16-17H,5,11-12,15H2,1-4H3,(H2,21,23,24). The Morgan fingerprint density at radius 1 is 1.20 bits per heavy atom. The summed E-state index contributed by atoms with van der Waals surface area (Å²) < 4.78 is 2.20. The number of nitrogens with zero attached hydrogens (tertiary/aromatic N) is 3. The number of hydrogen-bond acceptors (Lipinski definition) is 2. The van der Waals surface area contributed by atoms with Crippen molar-refractivity contribution in [2.24, 2.45) is 10.9 Å². The predicted molar refractivity (Wildman–Crippen MR) is 105 cm³/mol. The van der Waals surface area contributed by atoms with Crippen LogP contribution in [0.15, 0.2) is 47.7 Å². The fraction of sp³-hybridized carbons (Fsp3) is 0.500. The highest BCUT2D eigenvalue weighted by atomic mass is 15.2. The Bertz CT molecular complexity index is 645. The van der Waals surface area contributed by atoms with Gasteiger partial charge in [0.1, 0.15) is 5.82 Å². The molecular formula is C20H31N5. The van der Waals surface area contributed by atoms with E-state index >= 15 is 0 Å². The van der Waals surface area contributed by atoms with Gasteiger partial charge in [-0.05, 0) is 25.3 Å². The maximum atomic E-state index is 4.70. The molecule has 1 atom stereocenters. The van der Waals surface area contributed by atoms with Crippen LogP contribution < -0.4 is 10.6 Å². The number of hydrogen-bond donors (Lipinski definition) is 2. The summed E-state index contributed by atoms with van der Waals surface area (Å²) in [6.45, 7) is 11.1. The molecule has 1 aromatic carbocycles. The minimum absolute atomic E-state index is 0.387. The van der Waals surface area contributed by atoms with Crippen molar-refractivity contribution in [1.29, 1.82) is 0 Å². The van der Waals surface area contributed by atoms with E-state index in [9.17, 15) is 0 Å². The monoisotopic (exact) mass is 341 g/mol. The molecule has 5 heteroatoms. The van der Waals surface area contributed by atoms with E-state index in [0.29, 0.717) is 18.5 Å². The Morgan fingerprint density at radius 3 is 2.64 bits per heavy atom. The van der Waals surface area contributed by atoms with Gasteiger partial charge in [-0.15, -0.1) is 0 Å². The van der Waals surface area contributed by atoms with Crippen molar-refractivity contribution >= 4 is 5.96 Å². The van der Waals surface area contributed by atoms with Gasteiger partial charge in [-0.2, -0.15) is 0 Å². The van der Waals surface area contributed by atoms with Gasteiger partial charge in [0.25, 0.3) is 0 Å². The summed E-state index contributed by atoms with van der Waals surface area (Å²) in [5.41, 5.74) is 1.28. The van der Waals surface area contributed by atoms with E-state index in [1.807, 2.05) is 18.5 Å². The van der Waals surface area contributed by atoms with Crippen LogP contribution >= 0.6 is 0 Å². The Kier molecular flexibility index (Phi) is 7.51. The normalized spacial score (nSPS) is 13.1. The van der Waals surface area contributed by atoms with Crippen molar-refractivity contribution in [1.82, 2.24) is 20.2 Å². The van der Waals surface area contributed by atoms with Crippen molar-refractivity contribution < 1.29 is 0 Å². The first-order valence-corrected chi connectivity index (χ1v) is 9.19. The molecular weight excluding hydrogens is 310 g/mol. The summed E-state index contributed by atoms with van der Waals surface area (Å²) in [7, 11) is 0. The molecule has 1 unspecified atom stereocenters. The van der Waals surface area contributed by atoms with Crippen LogP contribution in [-0.2, 0) is 13.0 Å². The third kappa shape index (κ3) is 6.25. The first-order valence-electron chi connectivity index (χ1n) is 9.19. The molecule has 0 saturated heterocycles. The molecule has 0 radical (unpaired) electrons. The fourth-order valence-electron chi connectivity index (χ4n) is 2.46. The van der Waals surface area contributed by atoms with Gasteiger partial charge in [0.15, 0.2) is 5.96 Å². The zero-order valence-corrected chi connectivity index (χ0v) is 15.9. The average molecular weight is 342 g/mol. The van der Waals surface area contributed by atoms with E-state index in [-0.39, 0.29) is 0 Å². The number of aliphatic imine (C=N–C) groups is 1. The summed E-state index contributed by atoms with van der Waals surface area (Å²) in [5.74, 6) is 2.51. The van der Waals surface area contributed by atoms with Crippen molar-refractivity contribution in [3.8, 4) is 0 Å². The summed E-state index contributed by atoms with van der Waals surface area (Å²) in [6, 6.07) is 10.9. The zero-order chi connectivity index (χ0) is 18.1. The minimum atomic E-state index is 0.387. The summed E-state index contributed by atoms with van der Waals surface area (Å²) in [4.78, 5) is 9.20. The molecule has 0 amide bonds. The molecule has 1 aromatic heterocycles. The molecule has 0 aliphatic heterocycles. The molecule has 5 nitrogen and oxygen atoms in total. The molecule has 2 N–H and O–H groups in total. The van der Waals surface area contributed by atoms with Crippen LogP contribution in [0.1, 0.15) is 39.1 Å². The highest BCUT2D eigenvalue weighted by Crippen LogP contribution is 2.06. The molecule has 0 spiro atoms. The number of nitrogens with one attached hydrogen (secondary N) is 2. The van der Waals surface area contributed by atoms with Crippen molar-refractivity contribution in [2.45, 2.75) is 46.7 Å². The second-order valence-corrected chi connectivity index (χ2v) is 6.64. The molecule has 2 rings (SSSR count). The van der Waals surface area contributed by atoms with Crippen LogP contribution in [0.25, 0.3) is 0 Å². The second-order valence-electron chi connectivity index (χ2n) is 6.64. The molecule has 0 fully saturated rings. The van der Waals surface area contributed by atoms with E-state index in [1.54, 1.807) is 0 Å². The van der Waals surface area contributed by atoms with Gasteiger partial charge in [-0.25, -0.2) is 4.98 Å². The molecule has 1 heterocycles. The van der Waals surface area contributed by atoms with Crippen LogP contribution in [0, 0.1) is 5.92 Å². The largest absolute Gasteiger partial charge is 0.357 e. The van der Waals surface area contributed by atoms with E-state index in [2.05, 4.69) is 72.1 Å². The number of guanidine groups is 1. The van der Waals surface area contributed by atoms with Gasteiger partial charge >= 0.3 is 0 Å². The van der Waals surface area contributed by atoms with E-state index in [0.717, 1.165) is 31.3 Å². The van der Waals surface area contributed by atoms with Crippen molar-refractivity contribution in [2.75, 3.05) is 13.1 Å². The fourth-order valence-corrected chi connectivity index (χ4v) is 2.46. The maximum Gasteiger partial charge on any atom is 0.191 e. The quantitative estimate of drug-likeness (QED) is 0.573. The molecule has 25 heavy (non-hydrogen) atoms. The van der Waals surface area contributed by atoms with Gasteiger partial charge in [-0.1, -0.05) is 44.2 Å². The summed E-state index contributed by atoms with van der Waals surface area (Å²) >= 11 is 0. The Hall–Kier alpha value is -2.30. The SMILES string of the molecule is CCNC(=NCCc1nccn1Cc1ccccc1)NC(C)C(C)C. The van der Waals surface area contributed by atoms with Crippen LogP contribution in [0.4, 0.5) is 0 Å². The lowest BCUT2D eigenvalue weighted by Crippen LogP contribution is -2.44. The molecule has 2 aromatic rings. The highest BCUT2D eigenvalue weighted by molar-refractivity contribution is 5.80. The highest BCUT2D eigenvalue weighted by Gasteiger charge is 2.09. The second kappa shape index (κ2) is 9.87. The van der Waals surface area contributed by atoms with Gasteiger partial charge in [0, 0.05) is 44.5 Å². The first kappa shape index (κ1) is 19.0. The van der Waals surface area contributed by atoms with Crippen molar-refractivity contribution in [3.05, 3.63) is 54.1 Å². The van der Waals surface area contributed by atoms with Gasteiger partial charge in [-0.3, -0.25) is 4.99 Å². The van der Waals surface area contributed by atoms with Crippen LogP contribution in [0.2, 0.25) is 0 Å². The van der Waals surface area contributed by atoms with E-state index in [1.165, 1.54) is 5.56 Å². The van der Waals surface area contributed by atoms with Crippen LogP contribution in [0.5, 0.6) is 0 Å². The maximum absolute atomic E-state index is 4.70. The van der Waals surface area contributed by atoms with Crippen LogP contribution in [0.3, 0.4) is 0 Å². The summed E-state index contributed by atoms with van der Waals surface area (Å²) in [6.07, 6.45) is 4.73. The number of rotatable bonds is 8. The Morgan fingerprint density at radius 2 is 1.96 bits per heavy atom. The molecule has 0 bridgehead atoms. The first-order chi connectivity index (χ1) is 12.1.